The minimum Gasteiger partial charge on any atom is -0.320 e. The van der Waals surface area contributed by atoms with Gasteiger partial charge in [0.1, 0.15) is 5.69 Å². The van der Waals surface area contributed by atoms with E-state index in [9.17, 15) is 14.9 Å². The summed E-state index contributed by atoms with van der Waals surface area (Å²) in [6.45, 7) is 1.71. The highest BCUT2D eigenvalue weighted by Crippen LogP contribution is 2.22. The van der Waals surface area contributed by atoms with Gasteiger partial charge >= 0.3 is 0 Å². The Balaban J connectivity index is 2.27. The molecule has 0 radical (unpaired) electrons. The van der Waals surface area contributed by atoms with E-state index in [1.54, 1.807) is 20.2 Å². The standard InChI is InChI=1S/C12H11IN4O3/c1-7-5-8(17(19)20)3-4-10(7)15-12(18)11-9(13)6-14-16(11)2/h3-6H,1-2H3,(H,15,18). The molecule has 0 aliphatic rings. The Kier molecular flexibility index (Phi) is 4.02. The van der Waals surface area contributed by atoms with E-state index in [0.29, 0.717) is 16.9 Å². The number of aryl methyl sites for hydroxylation is 2. The van der Waals surface area contributed by atoms with Gasteiger partial charge in [0.25, 0.3) is 11.6 Å². The molecule has 20 heavy (non-hydrogen) atoms. The van der Waals surface area contributed by atoms with Crippen LogP contribution in [0.25, 0.3) is 0 Å². The molecule has 0 bridgehead atoms. The van der Waals surface area contributed by atoms with Crippen molar-refractivity contribution in [3.8, 4) is 0 Å². The van der Waals surface area contributed by atoms with Crippen molar-refractivity contribution in [2.45, 2.75) is 6.92 Å². The van der Waals surface area contributed by atoms with Crippen LogP contribution in [-0.2, 0) is 7.05 Å². The second kappa shape index (κ2) is 5.57. The van der Waals surface area contributed by atoms with Crippen LogP contribution in [0, 0.1) is 20.6 Å². The van der Waals surface area contributed by atoms with Gasteiger partial charge in [-0.05, 0) is 41.1 Å². The van der Waals surface area contributed by atoms with Gasteiger partial charge in [-0.1, -0.05) is 0 Å². The number of rotatable bonds is 3. The Morgan fingerprint density at radius 1 is 1.50 bits per heavy atom. The van der Waals surface area contributed by atoms with Crippen molar-refractivity contribution >= 4 is 39.9 Å². The fourth-order valence-electron chi connectivity index (χ4n) is 1.75. The van der Waals surface area contributed by atoms with Crippen molar-refractivity contribution in [2.75, 3.05) is 5.32 Å². The highest BCUT2D eigenvalue weighted by molar-refractivity contribution is 14.1. The number of aromatic nitrogens is 2. The third-order valence-corrected chi connectivity index (χ3v) is 3.57. The fourth-order valence-corrected chi connectivity index (χ4v) is 2.47. The molecule has 0 atom stereocenters. The quantitative estimate of drug-likeness (QED) is 0.499. The summed E-state index contributed by atoms with van der Waals surface area (Å²) >= 11 is 2.03. The summed E-state index contributed by atoms with van der Waals surface area (Å²) in [4.78, 5) is 22.4. The number of nitrogens with zero attached hydrogens (tertiary/aromatic N) is 3. The highest BCUT2D eigenvalue weighted by Gasteiger charge is 2.17. The Labute approximate surface area is 128 Å². The Morgan fingerprint density at radius 2 is 2.20 bits per heavy atom. The van der Waals surface area contributed by atoms with E-state index in [1.807, 2.05) is 22.6 Å². The minimum absolute atomic E-state index is 0.00406. The fraction of sp³-hybridized carbons (Fsp3) is 0.167. The van der Waals surface area contributed by atoms with Crippen LogP contribution in [0.4, 0.5) is 11.4 Å². The predicted octanol–water partition coefficient (Wildman–Crippen LogP) is 2.49. The van der Waals surface area contributed by atoms with Crippen LogP contribution >= 0.6 is 22.6 Å². The van der Waals surface area contributed by atoms with Crippen molar-refractivity contribution in [1.82, 2.24) is 9.78 Å². The van der Waals surface area contributed by atoms with Crippen molar-refractivity contribution < 1.29 is 9.72 Å². The first-order valence-electron chi connectivity index (χ1n) is 5.64. The molecule has 1 N–H and O–H groups in total. The average molecular weight is 386 g/mol. The van der Waals surface area contributed by atoms with Crippen LogP contribution < -0.4 is 5.32 Å². The zero-order valence-corrected chi connectivity index (χ0v) is 12.9. The second-order valence-electron chi connectivity index (χ2n) is 4.18. The molecule has 1 aromatic heterocycles. The molecule has 7 nitrogen and oxygen atoms in total. The van der Waals surface area contributed by atoms with Gasteiger partial charge in [0, 0.05) is 24.9 Å². The van der Waals surface area contributed by atoms with Gasteiger partial charge in [-0.25, -0.2) is 0 Å². The van der Waals surface area contributed by atoms with Gasteiger partial charge in [-0.15, -0.1) is 0 Å². The SMILES string of the molecule is Cc1cc([N+](=O)[O-])ccc1NC(=O)c1c(I)cnn1C. The molecule has 0 fully saturated rings. The summed E-state index contributed by atoms with van der Waals surface area (Å²) in [6.07, 6.45) is 1.60. The van der Waals surface area contributed by atoms with Crippen LogP contribution in [0.1, 0.15) is 16.1 Å². The molecule has 2 rings (SSSR count). The first-order valence-corrected chi connectivity index (χ1v) is 6.72. The molecule has 0 aliphatic heterocycles. The number of hydrogen-bond donors (Lipinski definition) is 1. The first-order chi connectivity index (χ1) is 9.40. The van der Waals surface area contributed by atoms with Crippen molar-refractivity contribution in [2.24, 2.45) is 7.05 Å². The number of nitrogens with one attached hydrogen (secondary N) is 1. The van der Waals surface area contributed by atoms with E-state index in [-0.39, 0.29) is 11.6 Å². The number of nitro benzene ring substituents is 1. The van der Waals surface area contributed by atoms with Crippen LogP contribution in [-0.4, -0.2) is 20.6 Å². The maximum atomic E-state index is 12.2. The number of non-ortho nitro benzene ring substituents is 1. The zero-order valence-electron chi connectivity index (χ0n) is 10.8. The summed E-state index contributed by atoms with van der Waals surface area (Å²) in [5.41, 5.74) is 1.61. The number of amides is 1. The van der Waals surface area contributed by atoms with Gasteiger partial charge in [0.2, 0.25) is 0 Å². The minimum atomic E-state index is -0.470. The molecule has 0 saturated carbocycles. The zero-order chi connectivity index (χ0) is 14.9. The van der Waals surface area contributed by atoms with Gasteiger partial charge < -0.3 is 5.32 Å². The summed E-state index contributed by atoms with van der Waals surface area (Å²) in [7, 11) is 1.68. The number of hydrogen-bond acceptors (Lipinski definition) is 4. The summed E-state index contributed by atoms with van der Waals surface area (Å²) in [5.74, 6) is -0.300. The molecule has 1 aromatic carbocycles. The van der Waals surface area contributed by atoms with Crippen LogP contribution in [0.15, 0.2) is 24.4 Å². The third kappa shape index (κ3) is 2.79. The molecule has 1 amide bonds. The summed E-state index contributed by atoms with van der Waals surface area (Å²) in [6, 6.07) is 4.30. The van der Waals surface area contributed by atoms with Gasteiger partial charge in [0.15, 0.2) is 0 Å². The molecule has 8 heteroatoms. The molecule has 0 aliphatic carbocycles. The molecular formula is C12H11IN4O3. The van der Waals surface area contributed by atoms with Crippen molar-refractivity contribution in [3.05, 3.63) is 49.3 Å². The lowest BCUT2D eigenvalue weighted by Crippen LogP contribution is -2.18. The number of carbonyl (C=O) groups excluding carboxylic acids is 1. The predicted molar refractivity (Wildman–Crippen MR) is 81.7 cm³/mol. The number of anilines is 1. The number of halogens is 1. The molecule has 2 aromatic rings. The molecule has 0 unspecified atom stereocenters. The van der Waals surface area contributed by atoms with E-state index in [4.69, 9.17) is 0 Å². The topological polar surface area (TPSA) is 90.1 Å². The van der Waals surface area contributed by atoms with E-state index >= 15 is 0 Å². The van der Waals surface area contributed by atoms with Gasteiger partial charge in [0.05, 0.1) is 14.7 Å². The lowest BCUT2D eigenvalue weighted by atomic mass is 10.1. The smallest absolute Gasteiger partial charge is 0.275 e. The monoisotopic (exact) mass is 386 g/mol. The maximum Gasteiger partial charge on any atom is 0.275 e. The summed E-state index contributed by atoms with van der Waals surface area (Å²) < 4.78 is 2.22. The lowest BCUT2D eigenvalue weighted by molar-refractivity contribution is -0.384. The molecule has 0 saturated heterocycles. The number of carbonyl (C=O) groups is 1. The van der Waals surface area contributed by atoms with E-state index in [1.165, 1.54) is 22.9 Å². The Bertz CT molecular complexity index is 677. The number of nitro groups is 1. The van der Waals surface area contributed by atoms with Crippen LogP contribution in [0.5, 0.6) is 0 Å². The van der Waals surface area contributed by atoms with Gasteiger partial charge in [-0.2, -0.15) is 5.10 Å². The second-order valence-corrected chi connectivity index (χ2v) is 5.34. The van der Waals surface area contributed by atoms with Gasteiger partial charge in [-0.3, -0.25) is 19.6 Å². The molecular weight excluding hydrogens is 375 g/mol. The Hall–Kier alpha value is -1.97. The van der Waals surface area contributed by atoms with E-state index in [2.05, 4.69) is 10.4 Å². The molecule has 0 spiro atoms. The third-order valence-electron chi connectivity index (χ3n) is 2.78. The lowest BCUT2D eigenvalue weighted by Gasteiger charge is -2.08. The van der Waals surface area contributed by atoms with Crippen LogP contribution in [0.2, 0.25) is 0 Å². The first kappa shape index (κ1) is 14.4. The van der Waals surface area contributed by atoms with E-state index < -0.39 is 4.92 Å². The average Bonchev–Trinajstić information content (AvgIpc) is 2.71. The normalized spacial score (nSPS) is 10.3. The highest BCUT2D eigenvalue weighted by atomic mass is 127. The Morgan fingerprint density at radius 3 is 2.70 bits per heavy atom. The van der Waals surface area contributed by atoms with Crippen molar-refractivity contribution in [3.63, 3.8) is 0 Å². The summed E-state index contributed by atoms with van der Waals surface area (Å²) in [5, 5.41) is 17.4. The molecule has 104 valence electrons. The van der Waals surface area contributed by atoms with E-state index in [0.717, 1.165) is 3.57 Å². The van der Waals surface area contributed by atoms with Crippen molar-refractivity contribution in [1.29, 1.82) is 0 Å². The largest absolute Gasteiger partial charge is 0.320 e. The number of benzene rings is 1. The molecule has 1 heterocycles. The van der Waals surface area contributed by atoms with Crippen LogP contribution in [0.3, 0.4) is 0 Å². The maximum absolute atomic E-state index is 12.2.